The molecule has 4 aromatic rings. The van der Waals surface area contributed by atoms with Gasteiger partial charge in [-0.2, -0.15) is 0 Å². The number of hydrogen-bond donors (Lipinski definition) is 2. The number of hydrogen-bond acceptors (Lipinski definition) is 7. The van der Waals surface area contributed by atoms with Crippen LogP contribution in [0.5, 0.6) is 0 Å². The van der Waals surface area contributed by atoms with Gasteiger partial charge < -0.3 is 24.6 Å². The molecule has 2 aromatic heterocycles. The first kappa shape index (κ1) is 31.8. The highest BCUT2D eigenvalue weighted by atomic mass is 19.3. The summed E-state index contributed by atoms with van der Waals surface area (Å²) < 4.78 is 33.4. The Kier molecular flexibility index (Phi) is 9.57. The van der Waals surface area contributed by atoms with Crippen LogP contribution in [0.15, 0.2) is 83.7 Å². The van der Waals surface area contributed by atoms with Crippen LogP contribution < -0.4 is 10.2 Å². The van der Waals surface area contributed by atoms with E-state index in [9.17, 15) is 23.5 Å². The van der Waals surface area contributed by atoms with Crippen LogP contribution in [0.4, 0.5) is 14.5 Å². The molecule has 2 amide bonds. The zero-order valence-electron chi connectivity index (χ0n) is 25.5. The lowest BCUT2D eigenvalue weighted by molar-refractivity contribution is 0.0171. The topological polar surface area (TPSA) is 112 Å². The number of likely N-dealkylation sites (tertiary alicyclic amines) is 1. The number of carbonyl (C=O) groups excluding carboxylic acids is 2. The van der Waals surface area contributed by atoms with Gasteiger partial charge in [0.25, 0.3) is 17.7 Å². The molecule has 236 valence electrons. The summed E-state index contributed by atoms with van der Waals surface area (Å²) in [6, 6.07) is 16.2. The molecule has 0 aliphatic carbocycles. The molecular formula is C34H37F2N5O4. The number of amides is 2. The summed E-state index contributed by atoms with van der Waals surface area (Å²) in [5, 5.41) is 14.3. The molecule has 0 radical (unpaired) electrons. The molecule has 1 aliphatic rings. The van der Waals surface area contributed by atoms with Gasteiger partial charge in [-0.25, -0.2) is 13.8 Å². The van der Waals surface area contributed by atoms with Gasteiger partial charge in [0.15, 0.2) is 0 Å². The number of alkyl halides is 2. The third-order valence-electron chi connectivity index (χ3n) is 8.02. The van der Waals surface area contributed by atoms with Crippen molar-refractivity contribution in [2.24, 2.45) is 0 Å². The van der Waals surface area contributed by atoms with Crippen molar-refractivity contribution in [3.63, 3.8) is 0 Å². The van der Waals surface area contributed by atoms with E-state index in [0.717, 1.165) is 37.2 Å². The van der Waals surface area contributed by atoms with Gasteiger partial charge in [0.2, 0.25) is 5.89 Å². The fourth-order valence-corrected chi connectivity index (χ4v) is 5.54. The number of aryl methyl sites for hydroxylation is 1. The number of anilines is 1. The largest absolute Gasteiger partial charge is 0.446 e. The molecule has 3 atom stereocenters. The van der Waals surface area contributed by atoms with Crippen molar-refractivity contribution in [2.45, 2.75) is 57.2 Å². The standard InChI is InChI=1S/C34H37F2N5O4/c1-22-21-45-32(38-22)29-13-8-14-41(29)33(44)25-12-7-11-24(16-25)31(43)39-28(15-23-9-5-4-6-10-23)30(42)20-40(3)27-17-26(18-37-19-27)34(2,35)36/h4-7,9-12,16-19,21,28-30,42H,8,13-15,20H2,1-3H3,(H,39,43)/t28-,29+,30+/m0/s1. The van der Waals surface area contributed by atoms with Crippen LogP contribution >= 0.6 is 0 Å². The van der Waals surface area contributed by atoms with Gasteiger partial charge >= 0.3 is 0 Å². The molecule has 0 unspecified atom stereocenters. The number of pyridine rings is 1. The van der Waals surface area contributed by atoms with Gasteiger partial charge in [0, 0.05) is 49.9 Å². The first-order valence-electron chi connectivity index (χ1n) is 14.9. The van der Waals surface area contributed by atoms with Crippen molar-refractivity contribution in [1.29, 1.82) is 0 Å². The maximum absolute atomic E-state index is 13.9. The lowest BCUT2D eigenvalue weighted by Crippen LogP contribution is -2.49. The summed E-state index contributed by atoms with van der Waals surface area (Å²) in [6.45, 7) is 3.22. The van der Waals surface area contributed by atoms with E-state index in [1.54, 1.807) is 47.4 Å². The molecule has 0 saturated carbocycles. The summed E-state index contributed by atoms with van der Waals surface area (Å²) in [7, 11) is 1.67. The maximum atomic E-state index is 13.9. The first-order valence-corrected chi connectivity index (χ1v) is 14.9. The van der Waals surface area contributed by atoms with Gasteiger partial charge in [-0.05, 0) is 56.0 Å². The number of halogens is 2. The van der Waals surface area contributed by atoms with Crippen molar-refractivity contribution in [2.75, 3.05) is 25.0 Å². The van der Waals surface area contributed by atoms with Crippen LogP contribution in [0.1, 0.15) is 69.2 Å². The van der Waals surface area contributed by atoms with Crippen molar-refractivity contribution in [3.8, 4) is 0 Å². The third kappa shape index (κ3) is 7.72. The third-order valence-corrected chi connectivity index (χ3v) is 8.02. The number of aliphatic hydroxyl groups is 1. The highest BCUT2D eigenvalue weighted by molar-refractivity contribution is 6.00. The van der Waals surface area contributed by atoms with E-state index < -0.39 is 24.0 Å². The zero-order chi connectivity index (χ0) is 32.1. The SMILES string of the molecule is Cc1coc([C@H]2CCCN2C(=O)c2cccc(C(=O)N[C@@H](Cc3ccccc3)[C@H](O)CN(C)c3cncc(C(C)(F)F)c3)c2)n1. The molecule has 2 N–H and O–H groups in total. The van der Waals surface area contributed by atoms with Crippen molar-refractivity contribution in [1.82, 2.24) is 20.2 Å². The van der Waals surface area contributed by atoms with Crippen molar-refractivity contribution >= 4 is 17.5 Å². The number of oxazole rings is 1. The molecule has 1 aliphatic heterocycles. The second kappa shape index (κ2) is 13.6. The zero-order valence-corrected chi connectivity index (χ0v) is 25.5. The second-order valence-electron chi connectivity index (χ2n) is 11.6. The molecule has 0 spiro atoms. The number of aliphatic hydroxyl groups excluding tert-OH is 1. The fraction of sp³-hybridized carbons (Fsp3) is 0.353. The number of carbonyl (C=O) groups is 2. The molecule has 5 rings (SSSR count). The molecule has 9 nitrogen and oxygen atoms in total. The van der Waals surface area contributed by atoms with Gasteiger partial charge in [-0.1, -0.05) is 36.4 Å². The van der Waals surface area contributed by atoms with E-state index >= 15 is 0 Å². The van der Waals surface area contributed by atoms with Crippen LogP contribution in [-0.4, -0.2) is 64.1 Å². The van der Waals surface area contributed by atoms with E-state index in [0.29, 0.717) is 30.1 Å². The van der Waals surface area contributed by atoms with Crippen LogP contribution in [0.2, 0.25) is 0 Å². The second-order valence-corrected chi connectivity index (χ2v) is 11.6. The predicted molar refractivity (Wildman–Crippen MR) is 165 cm³/mol. The quantitative estimate of drug-likeness (QED) is 0.235. The van der Waals surface area contributed by atoms with E-state index in [4.69, 9.17) is 4.42 Å². The first-order chi connectivity index (χ1) is 21.5. The Morgan fingerprint density at radius 2 is 1.89 bits per heavy atom. The number of likely N-dealkylation sites (N-methyl/N-ethyl adjacent to an activating group) is 1. The minimum absolute atomic E-state index is 0.0351. The average Bonchev–Trinajstić information content (AvgIpc) is 3.69. The summed E-state index contributed by atoms with van der Waals surface area (Å²) in [5.41, 5.74) is 2.44. The Labute approximate surface area is 260 Å². The number of aromatic nitrogens is 2. The smallest absolute Gasteiger partial charge is 0.272 e. The molecule has 0 bridgehead atoms. The maximum Gasteiger partial charge on any atom is 0.272 e. The monoisotopic (exact) mass is 617 g/mol. The van der Waals surface area contributed by atoms with E-state index in [2.05, 4.69) is 15.3 Å². The Bertz CT molecular complexity index is 1620. The Morgan fingerprint density at radius 3 is 2.60 bits per heavy atom. The number of rotatable bonds is 11. The average molecular weight is 618 g/mol. The number of nitrogens with zero attached hydrogens (tertiary/aromatic N) is 4. The van der Waals surface area contributed by atoms with Crippen molar-refractivity contribution in [3.05, 3.63) is 113 Å². The molecule has 45 heavy (non-hydrogen) atoms. The van der Waals surface area contributed by atoms with Crippen molar-refractivity contribution < 1.29 is 27.9 Å². The van der Waals surface area contributed by atoms with Crippen LogP contribution in [-0.2, 0) is 12.3 Å². The Balaban J connectivity index is 1.32. The van der Waals surface area contributed by atoms with Gasteiger partial charge in [-0.3, -0.25) is 14.6 Å². The lowest BCUT2D eigenvalue weighted by Gasteiger charge is -2.29. The number of nitrogens with one attached hydrogen (secondary N) is 1. The van der Waals surface area contributed by atoms with Crippen LogP contribution in [0, 0.1) is 6.92 Å². The summed E-state index contributed by atoms with van der Waals surface area (Å²) >= 11 is 0. The Morgan fingerprint density at radius 1 is 1.13 bits per heavy atom. The summed E-state index contributed by atoms with van der Waals surface area (Å²) in [4.78, 5) is 38.8. The highest BCUT2D eigenvalue weighted by Gasteiger charge is 2.34. The summed E-state index contributed by atoms with van der Waals surface area (Å²) in [5.74, 6) is -3.24. The minimum atomic E-state index is -3.06. The molecule has 3 heterocycles. The van der Waals surface area contributed by atoms with Gasteiger partial charge in [0.1, 0.15) is 12.3 Å². The van der Waals surface area contributed by atoms with E-state index in [-0.39, 0.29) is 29.6 Å². The fourth-order valence-electron chi connectivity index (χ4n) is 5.54. The minimum Gasteiger partial charge on any atom is -0.446 e. The molecule has 1 saturated heterocycles. The van der Waals surface area contributed by atoms with E-state index in [1.165, 1.54) is 12.3 Å². The predicted octanol–water partition coefficient (Wildman–Crippen LogP) is 5.31. The molecule has 11 heteroatoms. The lowest BCUT2D eigenvalue weighted by atomic mass is 9.99. The van der Waals surface area contributed by atoms with Crippen LogP contribution in [0.25, 0.3) is 0 Å². The van der Waals surface area contributed by atoms with Gasteiger partial charge in [-0.15, -0.1) is 0 Å². The molecule has 1 fully saturated rings. The summed E-state index contributed by atoms with van der Waals surface area (Å²) in [6.07, 6.45) is 4.91. The highest BCUT2D eigenvalue weighted by Crippen LogP contribution is 2.33. The van der Waals surface area contributed by atoms with Gasteiger partial charge in [0.05, 0.1) is 29.7 Å². The normalized spacial score (nSPS) is 16.3. The van der Waals surface area contributed by atoms with E-state index in [1.807, 2.05) is 37.3 Å². The van der Waals surface area contributed by atoms with Crippen LogP contribution in [0.3, 0.4) is 0 Å². The molecular weight excluding hydrogens is 580 g/mol. The Hall–Kier alpha value is -4.64. The number of benzene rings is 2. The molecule has 2 aromatic carbocycles.